The first-order valence-electron chi connectivity index (χ1n) is 17.1. The zero-order chi connectivity index (χ0) is 33.6. The van der Waals surface area contributed by atoms with Gasteiger partial charge in [0.1, 0.15) is 11.6 Å². The second-order valence-corrected chi connectivity index (χ2v) is 14.6. The van der Waals surface area contributed by atoms with Crippen LogP contribution in [-0.2, 0) is 21.3 Å². The fraction of sp³-hybridized carbons (Fsp3) is 0.500. The minimum Gasteiger partial charge on any atom is -0.423 e. The highest BCUT2D eigenvalue weighted by Gasteiger charge is 2.60. The summed E-state index contributed by atoms with van der Waals surface area (Å²) in [6.07, 6.45) is 9.45. The maximum atomic E-state index is 13.7. The zero-order valence-electron chi connectivity index (χ0n) is 28.1. The normalized spacial score (nSPS) is 32.6. The van der Waals surface area contributed by atoms with Gasteiger partial charge in [-0.3, -0.25) is 4.90 Å². The molecule has 0 radical (unpaired) electrons. The third-order valence-electron chi connectivity index (χ3n) is 11.9. The molecule has 4 aliphatic rings. The van der Waals surface area contributed by atoms with Gasteiger partial charge in [-0.05, 0) is 84.9 Å². The van der Waals surface area contributed by atoms with Crippen molar-refractivity contribution in [3.8, 4) is 0 Å². The number of morpholine rings is 1. The van der Waals surface area contributed by atoms with Crippen molar-refractivity contribution < 1.29 is 24.5 Å². The van der Waals surface area contributed by atoms with Gasteiger partial charge in [-0.2, -0.15) is 0 Å². The van der Waals surface area contributed by atoms with E-state index in [2.05, 4.69) is 27.1 Å². The summed E-state index contributed by atoms with van der Waals surface area (Å²) in [4.78, 5) is 25.2. The molecule has 3 N–H and O–H groups in total. The molecule has 2 aliphatic carbocycles. The summed E-state index contributed by atoms with van der Waals surface area (Å²) in [5.41, 5.74) is 3.55. The van der Waals surface area contributed by atoms with Crippen LogP contribution in [-0.4, -0.2) is 86.7 Å². The van der Waals surface area contributed by atoms with Crippen LogP contribution in [0.1, 0.15) is 45.1 Å². The van der Waals surface area contributed by atoms with E-state index in [1.165, 1.54) is 0 Å². The van der Waals surface area contributed by atoms with Crippen molar-refractivity contribution in [1.82, 2.24) is 19.4 Å². The Labute approximate surface area is 282 Å². The molecule has 0 spiro atoms. The predicted molar refractivity (Wildman–Crippen MR) is 185 cm³/mol. The molecule has 0 amide bonds. The summed E-state index contributed by atoms with van der Waals surface area (Å²) in [5.74, 6) is 0.780. The topological polar surface area (TPSA) is 122 Å². The lowest BCUT2D eigenvalue weighted by Crippen LogP contribution is -2.62. The van der Waals surface area contributed by atoms with Crippen LogP contribution in [0, 0.1) is 22.7 Å². The summed E-state index contributed by atoms with van der Waals surface area (Å²) in [6, 6.07) is 11.3. The van der Waals surface area contributed by atoms with Crippen LogP contribution in [0.15, 0.2) is 78.5 Å². The lowest BCUT2D eigenvalue weighted by molar-refractivity contribution is -0.163. The molecule has 3 fully saturated rings. The molecule has 2 aliphatic heterocycles. The number of pyridine rings is 1. The quantitative estimate of drug-likeness (QED) is 0.234. The maximum Gasteiger partial charge on any atom is 0.341 e. The Morgan fingerprint density at radius 2 is 2.00 bits per heavy atom. The number of rotatable bonds is 8. The van der Waals surface area contributed by atoms with E-state index in [0.29, 0.717) is 43.2 Å². The second kappa shape index (κ2) is 12.9. The van der Waals surface area contributed by atoms with E-state index in [9.17, 15) is 15.0 Å². The minimum absolute atomic E-state index is 0.0167. The van der Waals surface area contributed by atoms with Crippen LogP contribution in [0.4, 0.5) is 5.82 Å². The molecule has 10 heteroatoms. The average molecular weight is 654 g/mol. The molecule has 48 heavy (non-hydrogen) atoms. The molecule has 254 valence electrons. The van der Waals surface area contributed by atoms with Crippen LogP contribution < -0.4 is 5.32 Å². The first-order valence-corrected chi connectivity index (χ1v) is 17.1. The number of fused-ring (bicyclic) bond motifs is 2. The van der Waals surface area contributed by atoms with E-state index in [-0.39, 0.29) is 35.9 Å². The van der Waals surface area contributed by atoms with Gasteiger partial charge in [0, 0.05) is 37.8 Å². The molecule has 4 unspecified atom stereocenters. The smallest absolute Gasteiger partial charge is 0.341 e. The largest absolute Gasteiger partial charge is 0.423 e. The Morgan fingerprint density at radius 3 is 2.75 bits per heavy atom. The highest BCUT2D eigenvalue weighted by atomic mass is 16.5. The van der Waals surface area contributed by atoms with Gasteiger partial charge in [-0.1, -0.05) is 38.1 Å². The minimum atomic E-state index is -0.656. The van der Waals surface area contributed by atoms with E-state index in [1.54, 1.807) is 12.5 Å². The Kier molecular flexibility index (Phi) is 8.78. The number of aryl methyl sites for hydroxylation is 1. The fourth-order valence-corrected chi connectivity index (χ4v) is 9.09. The first-order chi connectivity index (χ1) is 23.1. The third-order valence-corrected chi connectivity index (χ3v) is 11.9. The molecular weight excluding hydrogens is 606 g/mol. The van der Waals surface area contributed by atoms with Crippen LogP contribution >= 0.6 is 0 Å². The number of nitrogens with zero attached hydrogens (tertiary/aromatic N) is 4. The van der Waals surface area contributed by atoms with Crippen molar-refractivity contribution in [2.75, 3.05) is 38.2 Å². The van der Waals surface area contributed by atoms with E-state index in [0.717, 1.165) is 48.1 Å². The molecule has 4 heterocycles. The first kappa shape index (κ1) is 32.7. The predicted octanol–water partition coefficient (Wildman–Crippen LogP) is 4.72. The number of imidazole rings is 1. The molecular formula is C38H47N5O5. The molecule has 2 saturated carbocycles. The van der Waals surface area contributed by atoms with Crippen LogP contribution in [0.3, 0.4) is 0 Å². The summed E-state index contributed by atoms with van der Waals surface area (Å²) >= 11 is 0. The summed E-state index contributed by atoms with van der Waals surface area (Å²) in [5, 5.41) is 25.7. The van der Waals surface area contributed by atoms with Gasteiger partial charge in [0.15, 0.2) is 0 Å². The lowest BCUT2D eigenvalue weighted by atomic mass is 9.45. The molecule has 7 atom stereocenters. The van der Waals surface area contributed by atoms with Crippen molar-refractivity contribution in [2.24, 2.45) is 29.7 Å². The van der Waals surface area contributed by atoms with E-state index in [4.69, 9.17) is 16.1 Å². The summed E-state index contributed by atoms with van der Waals surface area (Å²) in [6.45, 7) is 12.0. The maximum absolute atomic E-state index is 13.7. The van der Waals surface area contributed by atoms with Gasteiger partial charge in [-0.25, -0.2) is 14.8 Å². The number of cyclic esters (lactones) is 1. The summed E-state index contributed by atoms with van der Waals surface area (Å²) < 4.78 is 13.6. The highest BCUT2D eigenvalue weighted by Crippen LogP contribution is 2.62. The van der Waals surface area contributed by atoms with Crippen molar-refractivity contribution in [3.05, 3.63) is 84.0 Å². The number of carbonyl (C=O) groups excluding carboxylic acids is 1. The Balaban J connectivity index is 1.26. The number of allylic oxidation sites excluding steroid dienone is 1. The third kappa shape index (κ3) is 5.78. The van der Waals surface area contributed by atoms with Gasteiger partial charge >= 0.3 is 5.97 Å². The molecule has 10 nitrogen and oxygen atoms in total. The monoisotopic (exact) mass is 653 g/mol. The number of esters is 1. The Morgan fingerprint density at radius 1 is 1.19 bits per heavy atom. The summed E-state index contributed by atoms with van der Waals surface area (Å²) in [7, 11) is 1.96. The molecule has 3 aromatic rings. The van der Waals surface area contributed by atoms with Gasteiger partial charge in [-0.15, -0.1) is 0 Å². The average Bonchev–Trinajstić information content (AvgIpc) is 3.65. The highest BCUT2D eigenvalue weighted by molar-refractivity contribution is 5.95. The lowest BCUT2D eigenvalue weighted by Gasteiger charge is -2.62. The van der Waals surface area contributed by atoms with Gasteiger partial charge in [0.05, 0.1) is 54.9 Å². The SMILES string of the molecule is C=C1C(N2CCOCC2)CC2[C@](C)(CC[C@@H](O)[C@@]2(C)CO)C1CC(Nc1ccccn1)C1=CC(=Cc2ccc3c(c2)ncn3C)OC1=O. The number of benzene rings is 1. The molecule has 7 rings (SSSR count). The van der Waals surface area contributed by atoms with Crippen molar-refractivity contribution >= 4 is 28.9 Å². The number of anilines is 1. The van der Waals surface area contributed by atoms with Gasteiger partial charge < -0.3 is 29.6 Å². The number of hydrogen-bond acceptors (Lipinski definition) is 9. The van der Waals surface area contributed by atoms with E-state index >= 15 is 0 Å². The van der Waals surface area contributed by atoms with Crippen molar-refractivity contribution in [3.63, 3.8) is 0 Å². The Bertz CT molecular complexity index is 1750. The second-order valence-electron chi connectivity index (χ2n) is 14.6. The number of aromatic nitrogens is 3. The standard InChI is InChI=1S/C38H47N5O5/c1-24-28(37(2)11-10-34(45)38(3,22-44)33(37)21-32(24)43-13-15-47-16-14-43)20-29(41-35-7-5-6-12-39-35)27-19-26(48-36(27)46)17-25-8-9-31-30(18-25)40-23-42(31)4/h5-9,12,17-19,23,28-29,32-34,44-45H,1,10-11,13-16,20-22H2,2-4H3,(H,39,41)/t28?,29?,32?,33?,34-,37-,38+/m1/s1. The number of aliphatic hydroxyl groups excluding tert-OH is 2. The molecule has 2 aromatic heterocycles. The van der Waals surface area contributed by atoms with Crippen molar-refractivity contribution in [2.45, 2.75) is 57.7 Å². The number of aliphatic hydroxyl groups is 2. The van der Waals surface area contributed by atoms with Crippen LogP contribution in [0.25, 0.3) is 17.1 Å². The molecule has 1 saturated heterocycles. The van der Waals surface area contributed by atoms with Crippen LogP contribution in [0.2, 0.25) is 0 Å². The molecule has 1 aromatic carbocycles. The van der Waals surface area contributed by atoms with Crippen LogP contribution in [0.5, 0.6) is 0 Å². The number of nitrogens with one attached hydrogen (secondary N) is 1. The number of ether oxygens (including phenoxy) is 2. The molecule has 0 bridgehead atoms. The van der Waals surface area contributed by atoms with E-state index < -0.39 is 17.6 Å². The zero-order valence-corrected chi connectivity index (χ0v) is 28.1. The number of hydrogen-bond donors (Lipinski definition) is 3. The van der Waals surface area contributed by atoms with Gasteiger partial charge in [0.2, 0.25) is 0 Å². The van der Waals surface area contributed by atoms with Crippen molar-refractivity contribution in [1.29, 1.82) is 0 Å². The number of carbonyl (C=O) groups is 1. The fourth-order valence-electron chi connectivity index (χ4n) is 9.09. The van der Waals surface area contributed by atoms with Gasteiger partial charge in [0.25, 0.3) is 0 Å². The Hall–Kier alpha value is -3.83. The van der Waals surface area contributed by atoms with E-state index in [1.807, 2.05) is 67.1 Å².